The fourth-order valence-corrected chi connectivity index (χ4v) is 5.23. The Labute approximate surface area is 198 Å². The van der Waals surface area contributed by atoms with Gasteiger partial charge in [-0.1, -0.05) is 24.3 Å². The van der Waals surface area contributed by atoms with Crippen LogP contribution in [0.5, 0.6) is 11.5 Å². The van der Waals surface area contributed by atoms with E-state index in [2.05, 4.69) is 74.4 Å². The molecular weight excluding hydrogens is 418 g/mol. The molecule has 0 amide bonds. The van der Waals surface area contributed by atoms with Gasteiger partial charge in [0, 0.05) is 47.6 Å². The lowest BCUT2D eigenvalue weighted by atomic mass is 9.79. The highest BCUT2D eigenvalue weighted by molar-refractivity contribution is 7.80. The maximum atomic E-state index is 6.00. The number of methoxy groups -OCH3 is 2. The van der Waals surface area contributed by atoms with Crippen molar-refractivity contribution in [3.8, 4) is 11.5 Å². The van der Waals surface area contributed by atoms with Crippen LogP contribution in [0.15, 0.2) is 42.5 Å². The van der Waals surface area contributed by atoms with E-state index in [4.69, 9.17) is 21.7 Å². The van der Waals surface area contributed by atoms with Gasteiger partial charge in [0.2, 0.25) is 0 Å². The molecule has 0 aromatic heterocycles. The van der Waals surface area contributed by atoms with E-state index in [9.17, 15) is 0 Å². The Bertz CT molecular complexity index is 920. The summed E-state index contributed by atoms with van der Waals surface area (Å²) in [5.41, 5.74) is 3.45. The molecule has 0 spiro atoms. The molecule has 1 aliphatic heterocycles. The molecule has 0 bridgehead atoms. The van der Waals surface area contributed by atoms with Crippen LogP contribution >= 0.6 is 12.2 Å². The number of thiocarbonyl (C=S) groups is 1. The van der Waals surface area contributed by atoms with Gasteiger partial charge in [0.25, 0.3) is 0 Å². The van der Waals surface area contributed by atoms with Crippen LogP contribution in [0.4, 0.5) is 5.69 Å². The zero-order chi connectivity index (χ0) is 23.5. The maximum Gasteiger partial charge on any atom is 0.173 e. The third kappa shape index (κ3) is 6.14. The minimum atomic E-state index is 0.0190. The SMILES string of the molecule is COc1cc(NC(=S)N(Cc2ccccc2C)C2CC(C)(C)NC(C)(C)C2)cc(OC)c1. The number of benzene rings is 2. The monoisotopic (exact) mass is 455 g/mol. The molecule has 32 heavy (non-hydrogen) atoms. The molecule has 0 atom stereocenters. The fourth-order valence-electron chi connectivity index (χ4n) is 4.90. The second-order valence-electron chi connectivity index (χ2n) is 10.0. The van der Waals surface area contributed by atoms with E-state index in [-0.39, 0.29) is 11.1 Å². The number of aryl methyl sites for hydroxylation is 1. The molecule has 5 nitrogen and oxygen atoms in total. The molecule has 1 fully saturated rings. The van der Waals surface area contributed by atoms with Crippen LogP contribution in [0.25, 0.3) is 0 Å². The molecule has 2 aromatic carbocycles. The predicted octanol–water partition coefficient (Wildman–Crippen LogP) is 5.52. The van der Waals surface area contributed by atoms with E-state index >= 15 is 0 Å². The molecule has 0 radical (unpaired) electrons. The summed E-state index contributed by atoms with van der Waals surface area (Å²) in [7, 11) is 3.31. The number of ether oxygens (including phenoxy) is 2. The van der Waals surface area contributed by atoms with Gasteiger partial charge < -0.3 is 25.0 Å². The van der Waals surface area contributed by atoms with Crippen LogP contribution in [-0.4, -0.2) is 41.4 Å². The summed E-state index contributed by atoms with van der Waals surface area (Å²) in [6.45, 7) is 12.0. The smallest absolute Gasteiger partial charge is 0.173 e. The highest BCUT2D eigenvalue weighted by Gasteiger charge is 2.40. The molecule has 3 rings (SSSR count). The van der Waals surface area contributed by atoms with Crippen LogP contribution in [0.2, 0.25) is 0 Å². The van der Waals surface area contributed by atoms with Gasteiger partial charge >= 0.3 is 0 Å². The lowest BCUT2D eigenvalue weighted by molar-refractivity contribution is 0.101. The lowest BCUT2D eigenvalue weighted by Gasteiger charge is -2.50. The van der Waals surface area contributed by atoms with Crippen molar-refractivity contribution in [3.05, 3.63) is 53.6 Å². The average molecular weight is 456 g/mol. The molecular formula is C26H37N3O2S. The van der Waals surface area contributed by atoms with Crippen molar-refractivity contribution in [2.24, 2.45) is 0 Å². The van der Waals surface area contributed by atoms with Gasteiger partial charge in [0.1, 0.15) is 11.5 Å². The molecule has 2 N–H and O–H groups in total. The molecule has 0 unspecified atom stereocenters. The van der Waals surface area contributed by atoms with Gasteiger partial charge in [0.05, 0.1) is 14.2 Å². The number of piperidine rings is 1. The Morgan fingerprint density at radius 3 is 2.12 bits per heavy atom. The van der Waals surface area contributed by atoms with Gasteiger partial charge in [-0.2, -0.15) is 0 Å². The summed E-state index contributed by atoms with van der Waals surface area (Å²) in [5.74, 6) is 1.45. The van der Waals surface area contributed by atoms with Gasteiger partial charge in [0.15, 0.2) is 5.11 Å². The van der Waals surface area contributed by atoms with Gasteiger partial charge in [-0.15, -0.1) is 0 Å². The van der Waals surface area contributed by atoms with Gasteiger partial charge in [-0.05, 0) is 70.8 Å². The van der Waals surface area contributed by atoms with Crippen LogP contribution in [0, 0.1) is 6.92 Å². The number of hydrogen-bond acceptors (Lipinski definition) is 4. The second kappa shape index (κ2) is 9.67. The first-order valence-electron chi connectivity index (χ1n) is 11.2. The van der Waals surface area contributed by atoms with Crippen molar-refractivity contribution >= 4 is 23.0 Å². The van der Waals surface area contributed by atoms with Crippen molar-refractivity contribution in [2.45, 2.75) is 71.1 Å². The number of nitrogens with zero attached hydrogens (tertiary/aromatic N) is 1. The highest BCUT2D eigenvalue weighted by Crippen LogP contribution is 2.33. The van der Waals surface area contributed by atoms with Crippen LogP contribution in [0.1, 0.15) is 51.7 Å². The molecule has 2 aromatic rings. The Balaban J connectivity index is 1.93. The van der Waals surface area contributed by atoms with Crippen LogP contribution < -0.4 is 20.1 Å². The quantitative estimate of drug-likeness (QED) is 0.559. The second-order valence-corrected chi connectivity index (χ2v) is 10.4. The third-order valence-electron chi connectivity index (χ3n) is 6.07. The minimum Gasteiger partial charge on any atom is -0.497 e. The molecule has 1 saturated heterocycles. The van der Waals surface area contributed by atoms with Crippen molar-refractivity contribution in [1.29, 1.82) is 0 Å². The van der Waals surface area contributed by atoms with Crippen LogP contribution in [-0.2, 0) is 6.54 Å². The van der Waals surface area contributed by atoms with Gasteiger partial charge in [-0.25, -0.2) is 0 Å². The Morgan fingerprint density at radius 1 is 1.03 bits per heavy atom. The zero-order valence-corrected chi connectivity index (χ0v) is 21.2. The first-order valence-corrected chi connectivity index (χ1v) is 11.6. The number of hydrogen-bond donors (Lipinski definition) is 2. The maximum absolute atomic E-state index is 6.00. The van der Waals surface area contributed by atoms with E-state index < -0.39 is 0 Å². The Kier molecular flexibility index (Phi) is 7.36. The Morgan fingerprint density at radius 2 is 1.59 bits per heavy atom. The number of rotatable bonds is 6. The standard InChI is InChI=1S/C26H37N3O2S/c1-18-10-8-9-11-19(18)17-29(21-15-25(2,3)28-26(4,5)16-21)24(32)27-20-12-22(30-6)14-23(13-20)31-7/h8-14,21,28H,15-17H2,1-7H3,(H,27,32). The molecule has 0 saturated carbocycles. The van der Waals surface area contributed by atoms with E-state index in [1.165, 1.54) is 11.1 Å². The van der Waals surface area contributed by atoms with Crippen molar-refractivity contribution in [2.75, 3.05) is 19.5 Å². The average Bonchev–Trinajstić information content (AvgIpc) is 2.70. The normalized spacial score (nSPS) is 17.5. The molecule has 174 valence electrons. The summed E-state index contributed by atoms with van der Waals surface area (Å²) in [6, 6.07) is 14.6. The summed E-state index contributed by atoms with van der Waals surface area (Å²) in [4.78, 5) is 2.36. The van der Waals surface area contributed by atoms with Crippen molar-refractivity contribution < 1.29 is 9.47 Å². The largest absolute Gasteiger partial charge is 0.497 e. The molecule has 6 heteroatoms. The van der Waals surface area contributed by atoms with Gasteiger partial charge in [-0.3, -0.25) is 0 Å². The van der Waals surface area contributed by atoms with E-state index in [0.717, 1.165) is 36.6 Å². The predicted molar refractivity (Wildman–Crippen MR) is 137 cm³/mol. The molecule has 0 aliphatic carbocycles. The minimum absolute atomic E-state index is 0.0190. The van der Waals surface area contributed by atoms with Crippen molar-refractivity contribution in [1.82, 2.24) is 10.2 Å². The van der Waals surface area contributed by atoms with E-state index in [1.807, 2.05) is 18.2 Å². The highest BCUT2D eigenvalue weighted by atomic mass is 32.1. The summed E-state index contributed by atoms with van der Waals surface area (Å²) < 4.78 is 10.9. The number of anilines is 1. The number of nitrogens with one attached hydrogen (secondary N) is 2. The van der Waals surface area contributed by atoms with E-state index in [1.54, 1.807) is 14.2 Å². The first kappa shape index (κ1) is 24.3. The zero-order valence-electron chi connectivity index (χ0n) is 20.4. The lowest BCUT2D eigenvalue weighted by Crippen LogP contribution is -2.63. The topological polar surface area (TPSA) is 45.8 Å². The first-order chi connectivity index (χ1) is 15.0. The fraction of sp³-hybridized carbons (Fsp3) is 0.500. The summed E-state index contributed by atoms with van der Waals surface area (Å²) in [6.07, 6.45) is 2.01. The third-order valence-corrected chi connectivity index (χ3v) is 6.41. The molecule has 1 aliphatic rings. The van der Waals surface area contributed by atoms with E-state index in [0.29, 0.717) is 11.2 Å². The van der Waals surface area contributed by atoms with Crippen molar-refractivity contribution in [3.63, 3.8) is 0 Å². The summed E-state index contributed by atoms with van der Waals surface area (Å²) >= 11 is 6.00. The molecule has 1 heterocycles. The Hall–Kier alpha value is -2.31. The van der Waals surface area contributed by atoms with Crippen LogP contribution in [0.3, 0.4) is 0 Å². The summed E-state index contributed by atoms with van der Waals surface area (Å²) in [5, 5.41) is 7.96.